The minimum atomic E-state index is -1.03. The van der Waals surface area contributed by atoms with Gasteiger partial charge in [-0.05, 0) is 44.2 Å². The smallest absolute Gasteiger partial charge is 0.243 e. The number of rotatable bonds is 6. The largest absolute Gasteiger partial charge is 0.333 e. The molecule has 4 nitrogen and oxygen atoms in total. The molecular formula is C18H22F2N2O2. The zero-order chi connectivity index (χ0) is 17.5. The van der Waals surface area contributed by atoms with Crippen LogP contribution < -0.4 is 5.32 Å². The van der Waals surface area contributed by atoms with Gasteiger partial charge in [0.25, 0.3) is 0 Å². The lowest BCUT2D eigenvalue weighted by Gasteiger charge is -2.22. The van der Waals surface area contributed by atoms with Crippen LogP contribution in [0.5, 0.6) is 0 Å². The molecule has 1 N–H and O–H groups in total. The topological polar surface area (TPSA) is 49.4 Å². The number of carbonyl (C=O) groups is 2. The summed E-state index contributed by atoms with van der Waals surface area (Å²) in [5.41, 5.74) is 1.49. The Morgan fingerprint density at radius 3 is 2.62 bits per heavy atom. The average Bonchev–Trinajstić information content (AvgIpc) is 2.55. The summed E-state index contributed by atoms with van der Waals surface area (Å²) in [6, 6.07) is 3.14. The lowest BCUT2D eigenvalue weighted by Crippen LogP contribution is -2.37. The van der Waals surface area contributed by atoms with Gasteiger partial charge in [0, 0.05) is 25.2 Å². The second-order valence-corrected chi connectivity index (χ2v) is 5.98. The number of hydrogen-bond donors (Lipinski definition) is 1. The third-order valence-corrected chi connectivity index (χ3v) is 4.07. The molecule has 2 rings (SSSR count). The van der Waals surface area contributed by atoms with E-state index in [9.17, 15) is 18.4 Å². The van der Waals surface area contributed by atoms with Crippen LogP contribution in [0.25, 0.3) is 0 Å². The van der Waals surface area contributed by atoms with E-state index in [1.165, 1.54) is 36.3 Å². The van der Waals surface area contributed by atoms with E-state index in [-0.39, 0.29) is 18.1 Å². The summed E-state index contributed by atoms with van der Waals surface area (Å²) in [5.74, 6) is -2.62. The lowest BCUT2D eigenvalue weighted by atomic mass is 9.97. The van der Waals surface area contributed by atoms with Crippen molar-refractivity contribution in [1.29, 1.82) is 0 Å². The van der Waals surface area contributed by atoms with Crippen molar-refractivity contribution in [3.63, 3.8) is 0 Å². The summed E-state index contributed by atoms with van der Waals surface area (Å²) in [6.45, 7) is 1.79. The van der Waals surface area contributed by atoms with Crippen molar-refractivity contribution in [2.75, 3.05) is 18.4 Å². The van der Waals surface area contributed by atoms with Crippen LogP contribution in [0.2, 0.25) is 0 Å². The molecule has 130 valence electrons. The molecule has 0 fully saturated rings. The van der Waals surface area contributed by atoms with Gasteiger partial charge in [0.15, 0.2) is 11.6 Å². The van der Waals surface area contributed by atoms with E-state index in [0.29, 0.717) is 6.54 Å². The number of hydrogen-bond acceptors (Lipinski definition) is 2. The van der Waals surface area contributed by atoms with Gasteiger partial charge in [-0.1, -0.05) is 11.6 Å². The van der Waals surface area contributed by atoms with E-state index in [0.717, 1.165) is 31.4 Å². The molecule has 0 bridgehead atoms. The second kappa shape index (κ2) is 8.57. The highest BCUT2D eigenvalue weighted by molar-refractivity contribution is 5.94. The van der Waals surface area contributed by atoms with Gasteiger partial charge < -0.3 is 10.2 Å². The van der Waals surface area contributed by atoms with Crippen LogP contribution in [0.15, 0.2) is 29.8 Å². The maximum Gasteiger partial charge on any atom is 0.243 e. The summed E-state index contributed by atoms with van der Waals surface area (Å²) in [6.07, 6.45) is 7.47. The number of nitrogens with zero attached hydrogens (tertiary/aromatic N) is 1. The quantitative estimate of drug-likeness (QED) is 0.806. The fourth-order valence-electron chi connectivity index (χ4n) is 2.71. The molecule has 1 aliphatic rings. The molecule has 2 amide bonds. The summed E-state index contributed by atoms with van der Waals surface area (Å²) in [5, 5.41) is 2.48. The molecule has 0 heterocycles. The molecule has 0 saturated carbocycles. The highest BCUT2D eigenvalue weighted by Gasteiger charge is 2.15. The highest BCUT2D eigenvalue weighted by Crippen LogP contribution is 2.20. The van der Waals surface area contributed by atoms with Crippen LogP contribution >= 0.6 is 0 Å². The molecule has 0 atom stereocenters. The lowest BCUT2D eigenvalue weighted by molar-refractivity contribution is -0.132. The van der Waals surface area contributed by atoms with E-state index < -0.39 is 17.5 Å². The molecule has 0 spiro atoms. The minimum Gasteiger partial charge on any atom is -0.333 e. The van der Waals surface area contributed by atoms with Gasteiger partial charge >= 0.3 is 0 Å². The van der Waals surface area contributed by atoms with Crippen LogP contribution in [-0.2, 0) is 9.59 Å². The van der Waals surface area contributed by atoms with Gasteiger partial charge in [0.05, 0.1) is 6.54 Å². The van der Waals surface area contributed by atoms with Crippen molar-refractivity contribution in [2.45, 2.75) is 39.0 Å². The fourth-order valence-corrected chi connectivity index (χ4v) is 2.71. The first-order valence-corrected chi connectivity index (χ1v) is 8.14. The molecule has 6 heteroatoms. The second-order valence-electron chi connectivity index (χ2n) is 5.98. The number of carbonyl (C=O) groups excluding carboxylic acids is 2. The monoisotopic (exact) mass is 336 g/mol. The Hall–Kier alpha value is -2.24. The third-order valence-electron chi connectivity index (χ3n) is 4.07. The normalized spacial score (nSPS) is 14.0. The van der Waals surface area contributed by atoms with Crippen LogP contribution in [-0.4, -0.2) is 29.8 Å². The Morgan fingerprint density at radius 1 is 1.21 bits per heavy atom. The van der Waals surface area contributed by atoms with Gasteiger partial charge in [0.1, 0.15) is 0 Å². The number of halogens is 2. The van der Waals surface area contributed by atoms with Crippen molar-refractivity contribution in [2.24, 2.45) is 0 Å². The summed E-state index contributed by atoms with van der Waals surface area (Å²) >= 11 is 0. The van der Waals surface area contributed by atoms with Crippen LogP contribution in [0.1, 0.15) is 39.0 Å². The summed E-state index contributed by atoms with van der Waals surface area (Å²) < 4.78 is 26.0. The number of nitrogens with one attached hydrogen (secondary N) is 1. The highest BCUT2D eigenvalue weighted by atomic mass is 19.2. The molecule has 24 heavy (non-hydrogen) atoms. The molecule has 0 aliphatic heterocycles. The van der Waals surface area contributed by atoms with E-state index in [1.54, 1.807) is 0 Å². The van der Waals surface area contributed by atoms with Crippen LogP contribution in [0, 0.1) is 11.6 Å². The molecule has 0 radical (unpaired) electrons. The van der Waals surface area contributed by atoms with E-state index >= 15 is 0 Å². The standard InChI is InChI=1S/C18H22F2N2O2/c1-13(23)22(10-9-14-5-3-2-4-6-14)12-18(24)21-15-7-8-16(19)17(20)11-15/h5,7-8,11H,2-4,6,9-10,12H2,1H3,(H,21,24). The Morgan fingerprint density at radius 2 is 2.00 bits per heavy atom. The predicted octanol–water partition coefficient (Wildman–Crippen LogP) is 3.64. The molecule has 0 saturated heterocycles. The van der Waals surface area contributed by atoms with E-state index in [4.69, 9.17) is 0 Å². The molecule has 0 unspecified atom stereocenters. The van der Waals surface area contributed by atoms with E-state index in [1.807, 2.05) is 0 Å². The SMILES string of the molecule is CC(=O)N(CCC1=CCCCC1)CC(=O)Nc1ccc(F)c(F)c1. The number of allylic oxidation sites excluding steroid dienone is 1. The molecule has 1 aliphatic carbocycles. The fraction of sp³-hybridized carbons (Fsp3) is 0.444. The molecular weight excluding hydrogens is 314 g/mol. The Labute approximate surface area is 140 Å². The maximum absolute atomic E-state index is 13.1. The van der Waals surface area contributed by atoms with Crippen molar-refractivity contribution >= 4 is 17.5 Å². The van der Waals surface area contributed by atoms with Crippen molar-refractivity contribution in [3.05, 3.63) is 41.5 Å². The Kier molecular flexibility index (Phi) is 6.46. The molecule has 1 aromatic carbocycles. The summed E-state index contributed by atoms with van der Waals surface area (Å²) in [7, 11) is 0. The van der Waals surface area contributed by atoms with Gasteiger partial charge in [0.2, 0.25) is 11.8 Å². The van der Waals surface area contributed by atoms with Crippen LogP contribution in [0.3, 0.4) is 0 Å². The Balaban J connectivity index is 1.89. The minimum absolute atomic E-state index is 0.110. The molecule has 0 aromatic heterocycles. The number of benzene rings is 1. The first kappa shape index (κ1) is 18.1. The van der Waals surface area contributed by atoms with E-state index in [2.05, 4.69) is 11.4 Å². The van der Waals surface area contributed by atoms with Gasteiger partial charge in [-0.2, -0.15) is 0 Å². The number of amides is 2. The first-order valence-electron chi connectivity index (χ1n) is 8.14. The zero-order valence-corrected chi connectivity index (χ0v) is 13.8. The van der Waals surface area contributed by atoms with Crippen molar-refractivity contribution < 1.29 is 18.4 Å². The third kappa shape index (κ3) is 5.44. The van der Waals surface area contributed by atoms with Crippen molar-refractivity contribution in [1.82, 2.24) is 4.90 Å². The average molecular weight is 336 g/mol. The molecule has 1 aromatic rings. The van der Waals surface area contributed by atoms with Crippen molar-refractivity contribution in [3.8, 4) is 0 Å². The van der Waals surface area contributed by atoms with Gasteiger partial charge in [-0.3, -0.25) is 9.59 Å². The number of anilines is 1. The van der Waals surface area contributed by atoms with Crippen LogP contribution in [0.4, 0.5) is 14.5 Å². The Bertz CT molecular complexity index is 644. The van der Waals surface area contributed by atoms with Gasteiger partial charge in [-0.15, -0.1) is 0 Å². The predicted molar refractivity (Wildman–Crippen MR) is 88.4 cm³/mol. The zero-order valence-electron chi connectivity index (χ0n) is 13.8. The maximum atomic E-state index is 13.1. The first-order chi connectivity index (χ1) is 11.5. The van der Waals surface area contributed by atoms with Gasteiger partial charge in [-0.25, -0.2) is 8.78 Å². The summed E-state index contributed by atoms with van der Waals surface area (Å²) in [4.78, 5) is 25.2.